The maximum Gasteiger partial charge on any atom is 0.123 e. The topological polar surface area (TPSA) is 52.5 Å². The average Bonchev–Trinajstić information content (AvgIpc) is 3.15. The van der Waals surface area contributed by atoms with Gasteiger partial charge >= 0.3 is 0 Å². The minimum absolute atomic E-state index is 0.160. The van der Waals surface area contributed by atoms with Crippen molar-refractivity contribution in [3.8, 4) is 6.07 Å². The van der Waals surface area contributed by atoms with E-state index in [9.17, 15) is 4.39 Å². The molecule has 0 aliphatic rings. The Morgan fingerprint density at radius 3 is 2.46 bits per heavy atom. The van der Waals surface area contributed by atoms with Crippen LogP contribution in [0.25, 0.3) is 0 Å². The SMILES string of the molecule is N#Cc1ccc(C(CCCc2ccc(F)cc2)c2ncc[nH]2)cc1. The van der Waals surface area contributed by atoms with Crippen LogP contribution in [0, 0.1) is 17.1 Å². The maximum atomic E-state index is 13.0. The molecule has 24 heavy (non-hydrogen) atoms. The molecular weight excluding hydrogens is 301 g/mol. The fourth-order valence-corrected chi connectivity index (χ4v) is 2.88. The number of hydrogen-bond acceptors (Lipinski definition) is 2. The second-order valence-corrected chi connectivity index (χ2v) is 5.78. The molecule has 0 amide bonds. The van der Waals surface area contributed by atoms with Crippen molar-refractivity contribution in [2.24, 2.45) is 0 Å². The Labute approximate surface area is 140 Å². The highest BCUT2D eigenvalue weighted by Gasteiger charge is 2.16. The van der Waals surface area contributed by atoms with E-state index >= 15 is 0 Å². The van der Waals surface area contributed by atoms with Crippen molar-refractivity contribution >= 4 is 0 Å². The zero-order valence-electron chi connectivity index (χ0n) is 13.2. The number of rotatable bonds is 6. The summed E-state index contributed by atoms with van der Waals surface area (Å²) in [5, 5.41) is 8.94. The van der Waals surface area contributed by atoms with Crippen molar-refractivity contribution in [3.05, 3.63) is 89.3 Å². The van der Waals surface area contributed by atoms with Crippen molar-refractivity contribution < 1.29 is 4.39 Å². The van der Waals surface area contributed by atoms with Crippen LogP contribution in [0.3, 0.4) is 0 Å². The number of nitriles is 1. The van der Waals surface area contributed by atoms with Gasteiger partial charge in [-0.05, 0) is 54.7 Å². The highest BCUT2D eigenvalue weighted by molar-refractivity contribution is 5.35. The van der Waals surface area contributed by atoms with Gasteiger partial charge in [-0.15, -0.1) is 0 Å². The Morgan fingerprint density at radius 1 is 1.08 bits per heavy atom. The van der Waals surface area contributed by atoms with Gasteiger partial charge in [0.2, 0.25) is 0 Å². The van der Waals surface area contributed by atoms with Crippen molar-refractivity contribution in [1.29, 1.82) is 5.26 Å². The minimum Gasteiger partial charge on any atom is -0.348 e. The largest absolute Gasteiger partial charge is 0.348 e. The van der Waals surface area contributed by atoms with E-state index in [0.29, 0.717) is 5.56 Å². The van der Waals surface area contributed by atoms with Crippen molar-refractivity contribution in [3.63, 3.8) is 0 Å². The molecule has 4 heteroatoms. The third-order valence-corrected chi connectivity index (χ3v) is 4.16. The summed E-state index contributed by atoms with van der Waals surface area (Å²) in [6, 6.07) is 16.5. The number of aromatic amines is 1. The number of H-pyrrole nitrogens is 1. The summed E-state index contributed by atoms with van der Waals surface area (Å²) in [7, 11) is 0. The maximum absolute atomic E-state index is 13.0. The van der Waals surface area contributed by atoms with Crippen molar-refractivity contribution in [2.75, 3.05) is 0 Å². The van der Waals surface area contributed by atoms with Crippen LogP contribution in [-0.4, -0.2) is 9.97 Å². The summed E-state index contributed by atoms with van der Waals surface area (Å²) in [5.74, 6) is 0.886. The monoisotopic (exact) mass is 319 g/mol. The summed E-state index contributed by atoms with van der Waals surface area (Å²) in [6.07, 6.45) is 6.37. The molecule has 0 saturated heterocycles. The van der Waals surface area contributed by atoms with Gasteiger partial charge in [0, 0.05) is 18.3 Å². The molecule has 1 N–H and O–H groups in total. The lowest BCUT2D eigenvalue weighted by molar-refractivity contribution is 0.622. The highest BCUT2D eigenvalue weighted by Crippen LogP contribution is 2.27. The summed E-state index contributed by atoms with van der Waals surface area (Å²) in [4.78, 5) is 7.60. The lowest BCUT2D eigenvalue weighted by Crippen LogP contribution is -2.04. The van der Waals surface area contributed by atoms with Crippen molar-refractivity contribution in [2.45, 2.75) is 25.2 Å². The van der Waals surface area contributed by atoms with Crippen LogP contribution in [0.5, 0.6) is 0 Å². The standard InChI is InChI=1S/C20H18FN3/c21-18-10-6-15(7-11-18)2-1-3-19(20-23-12-13-24-20)17-8-4-16(14-22)5-9-17/h4-13,19H,1-3H2,(H,23,24). The molecule has 3 rings (SSSR count). The summed E-state index contributed by atoms with van der Waals surface area (Å²) in [6.45, 7) is 0. The van der Waals surface area contributed by atoms with E-state index in [4.69, 9.17) is 5.26 Å². The van der Waals surface area contributed by atoms with E-state index in [1.165, 1.54) is 12.1 Å². The molecule has 0 saturated carbocycles. The molecule has 1 heterocycles. The third kappa shape index (κ3) is 3.88. The van der Waals surface area contributed by atoms with Crippen LogP contribution in [0.1, 0.15) is 41.3 Å². The van der Waals surface area contributed by atoms with Gasteiger partial charge in [0.25, 0.3) is 0 Å². The van der Waals surface area contributed by atoms with Crippen LogP contribution in [0.15, 0.2) is 60.9 Å². The highest BCUT2D eigenvalue weighted by atomic mass is 19.1. The molecule has 0 aliphatic carbocycles. The number of imidazole rings is 1. The number of aromatic nitrogens is 2. The Morgan fingerprint density at radius 2 is 1.83 bits per heavy atom. The first-order valence-corrected chi connectivity index (χ1v) is 8.00. The Balaban J connectivity index is 1.71. The number of halogens is 1. The van der Waals surface area contributed by atoms with Gasteiger partial charge in [0.1, 0.15) is 11.6 Å². The number of nitrogens with one attached hydrogen (secondary N) is 1. The van der Waals surface area contributed by atoms with E-state index in [0.717, 1.165) is 36.2 Å². The average molecular weight is 319 g/mol. The first-order valence-electron chi connectivity index (χ1n) is 8.00. The molecule has 120 valence electrons. The smallest absolute Gasteiger partial charge is 0.123 e. The second-order valence-electron chi connectivity index (χ2n) is 5.78. The van der Waals surface area contributed by atoms with E-state index in [-0.39, 0.29) is 11.7 Å². The molecular formula is C20H18FN3. The molecule has 0 spiro atoms. The van der Waals surface area contributed by atoms with E-state index in [1.807, 2.05) is 42.6 Å². The van der Waals surface area contributed by atoms with Gasteiger partial charge in [-0.1, -0.05) is 24.3 Å². The Kier molecular flexibility index (Phi) is 5.02. The van der Waals surface area contributed by atoms with Gasteiger partial charge in [0.05, 0.1) is 11.6 Å². The molecule has 0 aliphatic heterocycles. The Bertz CT molecular complexity index is 800. The fraction of sp³-hybridized carbons (Fsp3) is 0.200. The molecule has 0 fully saturated rings. The number of nitrogens with zero attached hydrogens (tertiary/aromatic N) is 2. The molecule has 1 aromatic heterocycles. The quantitative estimate of drug-likeness (QED) is 0.723. The summed E-state index contributed by atoms with van der Waals surface area (Å²) < 4.78 is 13.0. The molecule has 0 bridgehead atoms. The predicted octanol–water partition coefficient (Wildman–Crippen LogP) is 4.58. The lowest BCUT2D eigenvalue weighted by atomic mass is 9.91. The normalized spacial score (nSPS) is 11.8. The lowest BCUT2D eigenvalue weighted by Gasteiger charge is -2.15. The van der Waals surface area contributed by atoms with E-state index in [1.54, 1.807) is 6.20 Å². The molecule has 3 nitrogen and oxygen atoms in total. The molecule has 1 unspecified atom stereocenters. The van der Waals surface area contributed by atoms with E-state index in [2.05, 4.69) is 16.0 Å². The van der Waals surface area contributed by atoms with Crippen LogP contribution >= 0.6 is 0 Å². The first-order chi connectivity index (χ1) is 11.8. The predicted molar refractivity (Wildman–Crippen MR) is 90.9 cm³/mol. The van der Waals surface area contributed by atoms with Gasteiger partial charge in [0.15, 0.2) is 0 Å². The van der Waals surface area contributed by atoms with Gasteiger partial charge in [-0.3, -0.25) is 0 Å². The summed E-state index contributed by atoms with van der Waals surface area (Å²) >= 11 is 0. The zero-order valence-corrected chi connectivity index (χ0v) is 13.2. The Hall–Kier alpha value is -2.93. The number of hydrogen-bond donors (Lipinski definition) is 1. The first kappa shape index (κ1) is 15.9. The second kappa shape index (κ2) is 7.56. The zero-order chi connectivity index (χ0) is 16.8. The van der Waals surface area contributed by atoms with Gasteiger partial charge < -0.3 is 4.98 Å². The minimum atomic E-state index is -0.204. The third-order valence-electron chi connectivity index (χ3n) is 4.16. The number of aryl methyl sites for hydroxylation is 1. The van der Waals surface area contributed by atoms with Crippen LogP contribution in [-0.2, 0) is 6.42 Å². The molecule has 2 aromatic carbocycles. The van der Waals surface area contributed by atoms with E-state index < -0.39 is 0 Å². The van der Waals surface area contributed by atoms with Gasteiger partial charge in [-0.25, -0.2) is 9.37 Å². The number of benzene rings is 2. The van der Waals surface area contributed by atoms with Gasteiger partial charge in [-0.2, -0.15) is 5.26 Å². The van der Waals surface area contributed by atoms with Crippen molar-refractivity contribution in [1.82, 2.24) is 9.97 Å². The fourth-order valence-electron chi connectivity index (χ4n) is 2.88. The summed E-state index contributed by atoms with van der Waals surface area (Å²) in [5.41, 5.74) is 2.93. The molecule has 1 atom stereocenters. The van der Waals surface area contributed by atoms with Crippen LogP contribution in [0.2, 0.25) is 0 Å². The van der Waals surface area contributed by atoms with Crippen LogP contribution in [0.4, 0.5) is 4.39 Å². The molecule has 0 radical (unpaired) electrons. The van der Waals surface area contributed by atoms with Crippen LogP contribution < -0.4 is 0 Å². The molecule has 3 aromatic rings.